The van der Waals surface area contributed by atoms with Crippen molar-refractivity contribution >= 4 is 13.1 Å². The molecular weight excluding hydrogens is 191 g/mol. The Morgan fingerprint density at radius 2 is 2.38 bits per heavy atom. The van der Waals surface area contributed by atoms with Crippen molar-refractivity contribution in [1.29, 1.82) is 0 Å². The van der Waals surface area contributed by atoms with E-state index < -0.39 is 7.80 Å². The minimum Gasteiger partial charge on any atom is -0.507 e. The molecule has 1 atom stereocenters. The van der Waals surface area contributed by atoms with Gasteiger partial charge in [0, 0.05) is 12.1 Å². The normalized spacial score (nSPS) is 19.3. The molecule has 0 saturated heterocycles. The SMILES string of the molecule is COc1cc(O)c2c(c1)OC[PH]2=O. The highest BCUT2D eigenvalue weighted by molar-refractivity contribution is 7.54. The molecule has 1 aliphatic heterocycles. The lowest BCUT2D eigenvalue weighted by Crippen LogP contribution is -1.95. The fraction of sp³-hybridized carbons (Fsp3) is 0.250. The Kier molecular flexibility index (Phi) is 1.93. The summed E-state index contributed by atoms with van der Waals surface area (Å²) in [5.74, 6) is 0.976. The smallest absolute Gasteiger partial charge is 0.147 e. The molecule has 0 aliphatic carbocycles. The molecule has 0 aromatic heterocycles. The predicted octanol–water partition coefficient (Wildman–Crippen LogP) is 0.936. The first-order chi connectivity index (χ1) is 6.22. The van der Waals surface area contributed by atoms with Crippen molar-refractivity contribution < 1.29 is 19.1 Å². The first-order valence-electron chi connectivity index (χ1n) is 3.79. The zero-order chi connectivity index (χ0) is 9.42. The maximum Gasteiger partial charge on any atom is 0.147 e. The number of aromatic hydroxyl groups is 1. The summed E-state index contributed by atoms with van der Waals surface area (Å²) in [4.78, 5) is 0. The summed E-state index contributed by atoms with van der Waals surface area (Å²) >= 11 is 0. The lowest BCUT2D eigenvalue weighted by Gasteiger charge is -2.04. The molecule has 70 valence electrons. The van der Waals surface area contributed by atoms with Gasteiger partial charge in [-0.2, -0.15) is 0 Å². The molecule has 0 fully saturated rings. The number of ether oxygens (including phenoxy) is 2. The van der Waals surface area contributed by atoms with Crippen molar-refractivity contribution in [1.82, 2.24) is 0 Å². The molecule has 0 amide bonds. The Bertz CT molecular complexity index is 375. The summed E-state index contributed by atoms with van der Waals surface area (Å²) < 4.78 is 21.4. The zero-order valence-electron chi connectivity index (χ0n) is 7.03. The van der Waals surface area contributed by atoms with Crippen LogP contribution in [0.3, 0.4) is 0 Å². The number of hydrogen-bond acceptors (Lipinski definition) is 4. The molecule has 5 heteroatoms. The molecule has 1 aromatic carbocycles. The minimum atomic E-state index is -1.95. The molecule has 0 radical (unpaired) electrons. The number of methoxy groups -OCH3 is 1. The summed E-state index contributed by atoms with van der Waals surface area (Å²) in [5, 5.41) is 9.92. The van der Waals surface area contributed by atoms with E-state index in [2.05, 4.69) is 0 Å². The summed E-state index contributed by atoms with van der Waals surface area (Å²) in [6, 6.07) is 3.07. The van der Waals surface area contributed by atoms with Gasteiger partial charge < -0.3 is 19.1 Å². The van der Waals surface area contributed by atoms with E-state index in [0.717, 1.165) is 0 Å². The van der Waals surface area contributed by atoms with E-state index in [4.69, 9.17) is 9.47 Å². The van der Waals surface area contributed by atoms with Gasteiger partial charge in [-0.1, -0.05) is 0 Å². The van der Waals surface area contributed by atoms with Crippen molar-refractivity contribution in [3.05, 3.63) is 12.1 Å². The molecule has 2 rings (SSSR count). The Morgan fingerprint density at radius 3 is 3.08 bits per heavy atom. The van der Waals surface area contributed by atoms with E-state index in [1.807, 2.05) is 0 Å². The first kappa shape index (κ1) is 8.45. The molecule has 1 heterocycles. The Labute approximate surface area is 75.9 Å². The summed E-state index contributed by atoms with van der Waals surface area (Å²) in [6.45, 7) is 0. The Morgan fingerprint density at radius 1 is 1.62 bits per heavy atom. The number of phenols is 1. The average Bonchev–Trinajstić information content (AvgIpc) is 2.48. The molecule has 13 heavy (non-hydrogen) atoms. The van der Waals surface area contributed by atoms with Gasteiger partial charge in [-0.05, 0) is 0 Å². The van der Waals surface area contributed by atoms with Crippen LogP contribution in [0.2, 0.25) is 0 Å². The van der Waals surface area contributed by atoms with Gasteiger partial charge in [-0.15, -0.1) is 0 Å². The lowest BCUT2D eigenvalue weighted by molar-refractivity contribution is 0.381. The third-order valence-electron chi connectivity index (χ3n) is 1.93. The van der Waals surface area contributed by atoms with Crippen molar-refractivity contribution in [2.24, 2.45) is 0 Å². The molecule has 1 aliphatic rings. The van der Waals surface area contributed by atoms with Gasteiger partial charge in [-0.25, -0.2) is 0 Å². The third kappa shape index (κ3) is 1.27. The fourth-order valence-electron chi connectivity index (χ4n) is 1.30. The predicted molar refractivity (Wildman–Crippen MR) is 48.8 cm³/mol. The van der Waals surface area contributed by atoms with E-state index in [1.54, 1.807) is 6.07 Å². The van der Waals surface area contributed by atoms with Gasteiger partial charge in [0.2, 0.25) is 0 Å². The van der Waals surface area contributed by atoms with Crippen LogP contribution >= 0.6 is 7.80 Å². The first-order valence-corrected chi connectivity index (χ1v) is 5.41. The monoisotopic (exact) mass is 200 g/mol. The molecule has 0 bridgehead atoms. The third-order valence-corrected chi connectivity index (χ3v) is 3.39. The second kappa shape index (κ2) is 2.96. The molecule has 0 saturated carbocycles. The minimum absolute atomic E-state index is 0.00395. The van der Waals surface area contributed by atoms with Gasteiger partial charge in [0.05, 0.1) is 12.4 Å². The maximum atomic E-state index is 11.3. The highest BCUT2D eigenvalue weighted by atomic mass is 31.1. The number of phenolic OH excluding ortho intramolecular Hbond substituents is 1. The van der Waals surface area contributed by atoms with Crippen molar-refractivity contribution in [2.75, 3.05) is 13.5 Å². The number of fused-ring (bicyclic) bond motifs is 1. The van der Waals surface area contributed by atoms with Crippen LogP contribution in [0, 0.1) is 0 Å². The lowest BCUT2D eigenvalue weighted by atomic mass is 10.3. The van der Waals surface area contributed by atoms with E-state index in [-0.39, 0.29) is 12.1 Å². The van der Waals surface area contributed by atoms with Crippen LogP contribution in [0.25, 0.3) is 0 Å². The van der Waals surface area contributed by atoms with Crippen molar-refractivity contribution in [2.45, 2.75) is 0 Å². The van der Waals surface area contributed by atoms with E-state index in [1.165, 1.54) is 13.2 Å². The molecule has 1 N–H and O–H groups in total. The summed E-state index contributed by atoms with van der Waals surface area (Å²) in [7, 11) is -0.447. The van der Waals surface area contributed by atoms with Crippen LogP contribution in [0.15, 0.2) is 12.1 Å². The maximum absolute atomic E-state index is 11.3. The average molecular weight is 200 g/mol. The highest BCUT2D eigenvalue weighted by Crippen LogP contribution is 2.40. The zero-order valence-corrected chi connectivity index (χ0v) is 8.03. The van der Waals surface area contributed by atoms with Crippen LogP contribution in [0.5, 0.6) is 17.2 Å². The van der Waals surface area contributed by atoms with Gasteiger partial charge in [0.25, 0.3) is 0 Å². The molecule has 4 nitrogen and oxygen atoms in total. The standard InChI is InChI=1S/C8H9O4P/c1-11-5-2-6(9)8-7(3-5)12-4-13(8)10/h2-3,9,13H,4H2,1H3. The molecular formula is C8H9O4P. The van der Waals surface area contributed by atoms with Crippen LogP contribution in [-0.4, -0.2) is 18.6 Å². The molecule has 1 aromatic rings. The largest absolute Gasteiger partial charge is 0.507 e. The highest BCUT2D eigenvalue weighted by Gasteiger charge is 2.24. The Balaban J connectivity index is 2.59. The fourth-order valence-corrected chi connectivity index (χ4v) is 2.51. The van der Waals surface area contributed by atoms with Crippen molar-refractivity contribution in [3.8, 4) is 17.2 Å². The summed E-state index contributed by atoms with van der Waals surface area (Å²) in [6.07, 6.45) is 0.181. The van der Waals surface area contributed by atoms with Crippen LogP contribution < -0.4 is 14.8 Å². The van der Waals surface area contributed by atoms with Gasteiger partial charge in [-0.3, -0.25) is 0 Å². The molecule has 1 unspecified atom stereocenters. The second-order valence-corrected chi connectivity index (χ2v) is 4.37. The summed E-state index contributed by atoms with van der Waals surface area (Å²) in [5.41, 5.74) is 0. The van der Waals surface area contributed by atoms with Crippen LogP contribution in [0.4, 0.5) is 0 Å². The van der Waals surface area contributed by atoms with E-state index in [9.17, 15) is 9.67 Å². The Hall–Kier alpha value is -1.15. The van der Waals surface area contributed by atoms with Gasteiger partial charge >= 0.3 is 0 Å². The van der Waals surface area contributed by atoms with E-state index in [0.29, 0.717) is 16.8 Å². The van der Waals surface area contributed by atoms with Crippen LogP contribution in [-0.2, 0) is 4.57 Å². The van der Waals surface area contributed by atoms with E-state index >= 15 is 0 Å². The topological polar surface area (TPSA) is 55.8 Å². The quantitative estimate of drug-likeness (QED) is 0.685. The second-order valence-electron chi connectivity index (χ2n) is 2.73. The van der Waals surface area contributed by atoms with Gasteiger partial charge in [0.1, 0.15) is 31.4 Å². The molecule has 0 spiro atoms. The number of benzene rings is 1. The number of hydrogen-bond donors (Lipinski definition) is 1. The number of rotatable bonds is 1. The van der Waals surface area contributed by atoms with Crippen LogP contribution in [0.1, 0.15) is 0 Å². The van der Waals surface area contributed by atoms with Crippen molar-refractivity contribution in [3.63, 3.8) is 0 Å². The van der Waals surface area contributed by atoms with Gasteiger partial charge in [0.15, 0.2) is 0 Å².